The Morgan fingerprint density at radius 2 is 1.84 bits per heavy atom. The summed E-state index contributed by atoms with van der Waals surface area (Å²) in [5.41, 5.74) is 8.11. The normalized spacial score (nSPS) is 33.0. The number of phosphoric acid groups is 3. The molecular formula is C10H18FN4O13P3. The van der Waals surface area contributed by atoms with E-state index in [9.17, 15) is 28.5 Å². The molecule has 9 N–H and O–H groups in total. The highest BCUT2D eigenvalue weighted by Crippen LogP contribution is 2.66. The second kappa shape index (κ2) is 8.35. The highest BCUT2D eigenvalue weighted by molar-refractivity contribution is 7.66. The minimum Gasteiger partial charge on any atom is -0.385 e. The smallest absolute Gasteiger partial charge is 0.385 e. The van der Waals surface area contributed by atoms with Crippen molar-refractivity contribution in [2.24, 2.45) is 5.73 Å². The molecule has 1 aromatic rings. The van der Waals surface area contributed by atoms with Crippen molar-refractivity contribution in [3.05, 3.63) is 22.7 Å². The number of aliphatic hydroxyl groups is 1. The Morgan fingerprint density at radius 3 is 2.35 bits per heavy atom. The van der Waals surface area contributed by atoms with E-state index in [1.807, 2.05) is 0 Å². The van der Waals surface area contributed by atoms with Crippen molar-refractivity contribution in [3.63, 3.8) is 0 Å². The van der Waals surface area contributed by atoms with E-state index in [4.69, 9.17) is 30.9 Å². The Morgan fingerprint density at radius 1 is 1.26 bits per heavy atom. The molecule has 21 heteroatoms. The summed E-state index contributed by atoms with van der Waals surface area (Å²) in [6.45, 7) is -0.588. The Balaban J connectivity index is 2.21. The van der Waals surface area contributed by atoms with Gasteiger partial charge in [0.15, 0.2) is 6.23 Å². The fourth-order valence-electron chi connectivity index (χ4n) is 2.52. The lowest BCUT2D eigenvalue weighted by Crippen LogP contribution is -2.55. The highest BCUT2D eigenvalue weighted by Gasteiger charge is 2.62. The van der Waals surface area contributed by atoms with Crippen LogP contribution in [0.5, 0.6) is 0 Å². The van der Waals surface area contributed by atoms with Crippen molar-refractivity contribution < 1.29 is 60.6 Å². The molecule has 0 saturated carbocycles. The summed E-state index contributed by atoms with van der Waals surface area (Å²) in [5.74, 6) is -3.56. The number of phosphoric ester groups is 1. The Labute approximate surface area is 171 Å². The molecule has 0 aromatic carbocycles. The number of nitrogens with zero attached hydrogens (tertiary/aromatic N) is 2. The van der Waals surface area contributed by atoms with Crippen LogP contribution in [0.4, 0.5) is 10.2 Å². The zero-order chi connectivity index (χ0) is 24.0. The van der Waals surface area contributed by atoms with Crippen molar-refractivity contribution in [2.45, 2.75) is 30.6 Å². The molecule has 0 spiro atoms. The third kappa shape index (κ3) is 6.24. The average Bonchev–Trinajstić information content (AvgIpc) is 2.71. The predicted octanol–water partition coefficient (Wildman–Crippen LogP) is -1.56. The van der Waals surface area contributed by atoms with E-state index in [1.165, 1.54) is 0 Å². The number of nitrogens with two attached hydrogens (primary N) is 2. The first-order valence-corrected chi connectivity index (χ1v) is 12.3. The van der Waals surface area contributed by atoms with E-state index in [2.05, 4.69) is 18.1 Å². The maximum atomic E-state index is 15.2. The molecule has 178 valence electrons. The van der Waals surface area contributed by atoms with Crippen LogP contribution in [0.15, 0.2) is 17.1 Å². The number of aliphatic hydroxyl groups excluding tert-OH is 1. The molecule has 0 amide bonds. The third-order valence-corrected chi connectivity index (χ3v) is 7.56. The first-order valence-electron chi connectivity index (χ1n) is 7.75. The van der Waals surface area contributed by atoms with Crippen LogP contribution in [0.2, 0.25) is 0 Å². The zero-order valence-electron chi connectivity index (χ0n) is 15.3. The molecule has 1 aromatic heterocycles. The van der Waals surface area contributed by atoms with Crippen molar-refractivity contribution >= 4 is 29.3 Å². The zero-order valence-corrected chi connectivity index (χ0v) is 18.0. The van der Waals surface area contributed by atoms with Gasteiger partial charge in [-0.1, -0.05) is 0 Å². The lowest BCUT2D eigenvalue weighted by molar-refractivity contribution is -0.204. The largest absolute Gasteiger partial charge is 0.490 e. The van der Waals surface area contributed by atoms with Gasteiger partial charge in [0.1, 0.15) is 18.5 Å². The van der Waals surface area contributed by atoms with Crippen LogP contribution in [0, 0.1) is 0 Å². The minimum atomic E-state index is -5.85. The lowest BCUT2D eigenvalue weighted by Gasteiger charge is -2.29. The van der Waals surface area contributed by atoms with Crippen LogP contribution in [0.25, 0.3) is 0 Å². The molecule has 1 aliphatic rings. The van der Waals surface area contributed by atoms with Crippen LogP contribution in [0.3, 0.4) is 0 Å². The van der Waals surface area contributed by atoms with Gasteiger partial charge in [0.05, 0.1) is 5.54 Å². The van der Waals surface area contributed by atoms with E-state index >= 15 is 4.39 Å². The molecule has 31 heavy (non-hydrogen) atoms. The molecule has 2 rings (SSSR count). The van der Waals surface area contributed by atoms with E-state index in [0.717, 1.165) is 19.2 Å². The van der Waals surface area contributed by atoms with Crippen LogP contribution in [-0.4, -0.2) is 58.3 Å². The number of anilines is 1. The molecule has 0 radical (unpaired) electrons. The highest BCUT2D eigenvalue weighted by atomic mass is 31.3. The fourth-order valence-corrected chi connectivity index (χ4v) is 5.56. The van der Waals surface area contributed by atoms with Gasteiger partial charge in [0.2, 0.25) is 0 Å². The van der Waals surface area contributed by atoms with Gasteiger partial charge in [0.25, 0.3) is 5.85 Å². The Kier molecular flexibility index (Phi) is 7.05. The van der Waals surface area contributed by atoms with Gasteiger partial charge in [-0.3, -0.25) is 9.09 Å². The summed E-state index contributed by atoms with van der Waals surface area (Å²) >= 11 is 0. The van der Waals surface area contributed by atoms with E-state index in [0.29, 0.717) is 4.57 Å². The van der Waals surface area contributed by atoms with Gasteiger partial charge in [-0.15, -0.1) is 0 Å². The topological polar surface area (TPSA) is 276 Å². The molecule has 3 unspecified atom stereocenters. The first kappa shape index (κ1) is 26.2. The molecule has 0 aliphatic carbocycles. The average molecular weight is 514 g/mol. The second-order valence-corrected chi connectivity index (χ2v) is 10.9. The number of alkyl halides is 1. The number of nitrogen functional groups attached to an aromatic ring is 1. The first-order chi connectivity index (χ1) is 13.8. The number of hydrogen-bond donors (Lipinski definition) is 7. The van der Waals surface area contributed by atoms with E-state index < -0.39 is 59.5 Å². The van der Waals surface area contributed by atoms with Gasteiger partial charge in [-0.25, -0.2) is 22.9 Å². The summed E-state index contributed by atoms with van der Waals surface area (Å²) in [5, 5.41) is 10.2. The van der Waals surface area contributed by atoms with Crippen LogP contribution in [-0.2, 0) is 31.6 Å². The number of hydrogen-bond acceptors (Lipinski definition) is 12. The van der Waals surface area contributed by atoms with Crippen molar-refractivity contribution in [3.8, 4) is 0 Å². The summed E-state index contributed by atoms with van der Waals surface area (Å²) < 4.78 is 65.5. The Hall–Kier alpha value is -1.10. The molecular weight excluding hydrogens is 496 g/mol. The molecule has 6 atom stereocenters. The summed E-state index contributed by atoms with van der Waals surface area (Å²) in [6.07, 6.45) is -3.00. The lowest BCUT2D eigenvalue weighted by atomic mass is 9.92. The third-order valence-electron chi connectivity index (χ3n) is 3.78. The van der Waals surface area contributed by atoms with Gasteiger partial charge < -0.3 is 40.9 Å². The van der Waals surface area contributed by atoms with E-state index in [1.54, 1.807) is 0 Å². The van der Waals surface area contributed by atoms with Crippen LogP contribution in [0.1, 0.15) is 13.2 Å². The SMILES string of the molecule is C[C@]1(N)C(n2ccc(N)nc2=O)O[C@](F)(COP(=O)(O)OP(=O)(O)OP(=O)(O)O)[C@H]1O. The fraction of sp³-hybridized carbons (Fsp3) is 0.600. The monoisotopic (exact) mass is 514 g/mol. The molecule has 1 saturated heterocycles. The Bertz CT molecular complexity index is 1040. The van der Waals surface area contributed by atoms with Crippen molar-refractivity contribution in [2.75, 3.05) is 12.3 Å². The predicted molar refractivity (Wildman–Crippen MR) is 95.3 cm³/mol. The standard InChI is InChI=1S/C10H18FN4O13P3/c1-9(13)6(16)10(11,26-7(9)15-3-2-5(12)14-8(15)17)4-25-30(21,22)28-31(23,24)27-29(18,19)20/h2-3,6-7,16H,4,13H2,1H3,(H,21,22)(H,23,24)(H2,12,14,17)(H2,18,19,20)/t6-,7?,9+,10+/m0/s1. The molecule has 1 fully saturated rings. The summed E-state index contributed by atoms with van der Waals surface area (Å²) in [7, 11) is -17.2. The summed E-state index contributed by atoms with van der Waals surface area (Å²) in [4.78, 5) is 50.8. The number of aromatic nitrogens is 2. The van der Waals surface area contributed by atoms with E-state index in [-0.39, 0.29) is 5.82 Å². The van der Waals surface area contributed by atoms with Gasteiger partial charge in [0, 0.05) is 6.20 Å². The van der Waals surface area contributed by atoms with Gasteiger partial charge in [-0.2, -0.15) is 13.6 Å². The van der Waals surface area contributed by atoms with Crippen molar-refractivity contribution in [1.82, 2.24) is 9.55 Å². The molecule has 17 nitrogen and oxygen atoms in total. The molecule has 2 heterocycles. The minimum absolute atomic E-state index is 0.183. The van der Waals surface area contributed by atoms with Gasteiger partial charge in [-0.05, 0) is 13.0 Å². The maximum absolute atomic E-state index is 15.2. The number of rotatable bonds is 8. The van der Waals surface area contributed by atoms with Crippen LogP contribution < -0.4 is 17.2 Å². The van der Waals surface area contributed by atoms with Gasteiger partial charge >= 0.3 is 29.2 Å². The second-order valence-electron chi connectivity index (χ2n) is 6.43. The molecule has 1 aliphatic heterocycles. The maximum Gasteiger partial charge on any atom is 0.490 e. The van der Waals surface area contributed by atoms with Crippen LogP contribution >= 0.6 is 23.5 Å². The summed E-state index contributed by atoms with van der Waals surface area (Å²) in [6, 6.07) is 1.14. The number of ether oxygens (including phenoxy) is 1. The van der Waals surface area contributed by atoms with Crippen molar-refractivity contribution in [1.29, 1.82) is 0 Å². The quantitative estimate of drug-likeness (QED) is 0.193. The molecule has 0 bridgehead atoms. The number of halogens is 1.